The van der Waals surface area contributed by atoms with Gasteiger partial charge in [-0.15, -0.1) is 0 Å². The summed E-state index contributed by atoms with van der Waals surface area (Å²) in [7, 11) is 1.48. The summed E-state index contributed by atoms with van der Waals surface area (Å²) in [4.78, 5) is 30.5. The second-order valence-electron chi connectivity index (χ2n) is 5.27. The molecule has 1 saturated carbocycles. The third-order valence-corrected chi connectivity index (χ3v) is 3.47. The van der Waals surface area contributed by atoms with Crippen molar-refractivity contribution in [2.45, 2.75) is 26.2 Å². The molecule has 1 fully saturated rings. The van der Waals surface area contributed by atoms with Crippen molar-refractivity contribution >= 4 is 16.9 Å². The molecule has 1 aromatic carbocycles. The average molecular weight is 288 g/mol. The molecule has 1 heterocycles. The summed E-state index contributed by atoms with van der Waals surface area (Å²) in [5, 5.41) is 0.381. The van der Waals surface area contributed by atoms with E-state index in [-0.39, 0.29) is 11.3 Å². The van der Waals surface area contributed by atoms with Gasteiger partial charge >= 0.3 is 5.97 Å². The van der Waals surface area contributed by atoms with Crippen molar-refractivity contribution < 1.29 is 14.3 Å². The first kappa shape index (κ1) is 13.6. The average Bonchev–Trinajstić information content (AvgIpc) is 3.22. The minimum absolute atomic E-state index is 0.222. The standard InChI is InChI=1S/C15H16N2O4/c1-8(18)21-13-6-10-11(7-12(13)20-2)16-14(17-15(10)19)5-9-3-4-9/h6-7,9H,3-5H2,1-2H3,(H,16,17,19). The second-order valence-corrected chi connectivity index (χ2v) is 5.27. The number of benzene rings is 1. The summed E-state index contributed by atoms with van der Waals surface area (Å²) in [5.74, 6) is 1.46. The van der Waals surface area contributed by atoms with Gasteiger partial charge in [-0.1, -0.05) is 0 Å². The quantitative estimate of drug-likeness (QED) is 0.685. The maximum absolute atomic E-state index is 12.2. The van der Waals surface area contributed by atoms with E-state index in [1.807, 2.05) is 0 Å². The highest BCUT2D eigenvalue weighted by Gasteiger charge is 2.23. The van der Waals surface area contributed by atoms with Crippen LogP contribution in [0.2, 0.25) is 0 Å². The SMILES string of the molecule is COc1cc2nc(CC3CC3)[nH]c(=O)c2cc1OC(C)=O. The summed E-state index contributed by atoms with van der Waals surface area (Å²) in [6.07, 6.45) is 3.17. The molecule has 0 atom stereocenters. The molecule has 3 rings (SSSR count). The molecule has 0 spiro atoms. The highest BCUT2D eigenvalue weighted by Crippen LogP contribution is 2.33. The number of aromatic amines is 1. The third-order valence-electron chi connectivity index (χ3n) is 3.47. The molecular weight excluding hydrogens is 272 g/mol. The van der Waals surface area contributed by atoms with E-state index >= 15 is 0 Å². The van der Waals surface area contributed by atoms with Gasteiger partial charge in [0.1, 0.15) is 5.82 Å². The Morgan fingerprint density at radius 2 is 2.14 bits per heavy atom. The van der Waals surface area contributed by atoms with Gasteiger partial charge in [0.25, 0.3) is 5.56 Å². The fourth-order valence-electron chi connectivity index (χ4n) is 2.28. The number of H-pyrrole nitrogens is 1. The first-order valence-corrected chi connectivity index (χ1v) is 6.86. The van der Waals surface area contributed by atoms with E-state index in [0.717, 1.165) is 6.42 Å². The maximum Gasteiger partial charge on any atom is 0.308 e. The van der Waals surface area contributed by atoms with Crippen molar-refractivity contribution in [2.24, 2.45) is 5.92 Å². The number of aromatic nitrogens is 2. The van der Waals surface area contributed by atoms with Crippen molar-refractivity contribution in [3.8, 4) is 11.5 Å². The molecule has 0 amide bonds. The number of rotatable bonds is 4. The van der Waals surface area contributed by atoms with Crippen LogP contribution < -0.4 is 15.0 Å². The van der Waals surface area contributed by atoms with Gasteiger partial charge in [0.15, 0.2) is 11.5 Å². The Balaban J connectivity index is 2.10. The summed E-state index contributed by atoms with van der Waals surface area (Å²) < 4.78 is 10.3. The van der Waals surface area contributed by atoms with Crippen LogP contribution in [-0.2, 0) is 11.2 Å². The predicted molar refractivity (Wildman–Crippen MR) is 76.7 cm³/mol. The summed E-state index contributed by atoms with van der Waals surface area (Å²) in [6, 6.07) is 3.11. The van der Waals surface area contributed by atoms with E-state index in [1.54, 1.807) is 6.07 Å². The summed E-state index contributed by atoms with van der Waals surface area (Å²) in [5.41, 5.74) is 0.314. The van der Waals surface area contributed by atoms with Gasteiger partial charge in [-0.2, -0.15) is 0 Å². The molecule has 6 heteroatoms. The van der Waals surface area contributed by atoms with Crippen molar-refractivity contribution in [1.29, 1.82) is 0 Å². The molecule has 0 radical (unpaired) electrons. The highest BCUT2D eigenvalue weighted by molar-refractivity contribution is 5.83. The molecule has 0 aliphatic heterocycles. The van der Waals surface area contributed by atoms with Crippen LogP contribution in [0.25, 0.3) is 10.9 Å². The van der Waals surface area contributed by atoms with E-state index in [9.17, 15) is 9.59 Å². The Hall–Kier alpha value is -2.37. The van der Waals surface area contributed by atoms with Gasteiger partial charge in [-0.05, 0) is 24.8 Å². The molecule has 2 aromatic rings. The fourth-order valence-corrected chi connectivity index (χ4v) is 2.28. The molecule has 110 valence electrons. The van der Waals surface area contributed by atoms with E-state index in [2.05, 4.69) is 9.97 Å². The van der Waals surface area contributed by atoms with Gasteiger partial charge in [-0.25, -0.2) is 4.98 Å². The van der Waals surface area contributed by atoms with Gasteiger partial charge in [0, 0.05) is 19.4 Å². The topological polar surface area (TPSA) is 81.3 Å². The Kier molecular flexibility index (Phi) is 3.37. The van der Waals surface area contributed by atoms with Crippen LogP contribution in [0.4, 0.5) is 0 Å². The Bertz CT molecular complexity index is 762. The fraction of sp³-hybridized carbons (Fsp3) is 0.400. The summed E-state index contributed by atoms with van der Waals surface area (Å²) in [6.45, 7) is 1.30. The first-order chi connectivity index (χ1) is 10.1. The molecule has 0 saturated heterocycles. The number of methoxy groups -OCH3 is 1. The zero-order valence-electron chi connectivity index (χ0n) is 11.9. The third kappa shape index (κ3) is 2.89. The highest BCUT2D eigenvalue weighted by atomic mass is 16.6. The van der Waals surface area contributed by atoms with Crippen molar-refractivity contribution in [1.82, 2.24) is 9.97 Å². The van der Waals surface area contributed by atoms with Crippen LogP contribution >= 0.6 is 0 Å². The lowest BCUT2D eigenvalue weighted by atomic mass is 10.2. The van der Waals surface area contributed by atoms with Crippen LogP contribution in [0.1, 0.15) is 25.6 Å². The number of nitrogens with one attached hydrogen (secondary N) is 1. The maximum atomic E-state index is 12.2. The molecule has 1 aromatic heterocycles. The predicted octanol–water partition coefficient (Wildman–Crippen LogP) is 1.81. The zero-order valence-corrected chi connectivity index (χ0v) is 11.9. The molecular formula is C15H16N2O4. The lowest BCUT2D eigenvalue weighted by molar-refractivity contribution is -0.132. The molecule has 0 bridgehead atoms. The van der Waals surface area contributed by atoms with Crippen LogP contribution in [0.15, 0.2) is 16.9 Å². The van der Waals surface area contributed by atoms with Crippen molar-refractivity contribution in [2.75, 3.05) is 7.11 Å². The lowest BCUT2D eigenvalue weighted by Crippen LogP contribution is -2.13. The molecule has 0 unspecified atom stereocenters. The van der Waals surface area contributed by atoms with Crippen LogP contribution in [0, 0.1) is 5.92 Å². The minimum Gasteiger partial charge on any atom is -0.493 e. The number of esters is 1. The molecule has 1 aliphatic carbocycles. The Morgan fingerprint density at radius 1 is 1.38 bits per heavy atom. The van der Waals surface area contributed by atoms with E-state index in [1.165, 1.54) is 32.9 Å². The monoisotopic (exact) mass is 288 g/mol. The number of carbonyl (C=O) groups excluding carboxylic acids is 1. The van der Waals surface area contributed by atoms with Crippen LogP contribution in [0.5, 0.6) is 11.5 Å². The van der Waals surface area contributed by atoms with Gasteiger partial charge in [-0.3, -0.25) is 9.59 Å². The van der Waals surface area contributed by atoms with Crippen molar-refractivity contribution in [3.05, 3.63) is 28.3 Å². The first-order valence-electron chi connectivity index (χ1n) is 6.86. The molecule has 6 nitrogen and oxygen atoms in total. The molecule has 21 heavy (non-hydrogen) atoms. The second kappa shape index (κ2) is 5.20. The van der Waals surface area contributed by atoms with Gasteiger partial charge in [0.2, 0.25) is 0 Å². The largest absolute Gasteiger partial charge is 0.493 e. The number of hydrogen-bond donors (Lipinski definition) is 1. The van der Waals surface area contributed by atoms with Gasteiger partial charge < -0.3 is 14.5 Å². The van der Waals surface area contributed by atoms with E-state index < -0.39 is 5.97 Å². The number of nitrogens with zero attached hydrogens (tertiary/aromatic N) is 1. The Labute approximate surface area is 121 Å². The normalized spacial score (nSPS) is 14.2. The number of fused-ring (bicyclic) bond motifs is 1. The van der Waals surface area contributed by atoms with Crippen LogP contribution in [-0.4, -0.2) is 23.0 Å². The number of ether oxygens (including phenoxy) is 2. The lowest BCUT2D eigenvalue weighted by Gasteiger charge is -2.09. The van der Waals surface area contributed by atoms with Crippen LogP contribution in [0.3, 0.4) is 0 Å². The van der Waals surface area contributed by atoms with E-state index in [0.29, 0.717) is 28.4 Å². The summed E-state index contributed by atoms with van der Waals surface area (Å²) >= 11 is 0. The Morgan fingerprint density at radius 3 is 2.76 bits per heavy atom. The minimum atomic E-state index is -0.470. The number of hydrogen-bond acceptors (Lipinski definition) is 5. The van der Waals surface area contributed by atoms with E-state index in [4.69, 9.17) is 9.47 Å². The molecule has 1 N–H and O–H groups in total. The van der Waals surface area contributed by atoms with Gasteiger partial charge in [0.05, 0.1) is 18.0 Å². The molecule has 1 aliphatic rings. The number of carbonyl (C=O) groups is 1. The van der Waals surface area contributed by atoms with Crippen molar-refractivity contribution in [3.63, 3.8) is 0 Å². The smallest absolute Gasteiger partial charge is 0.308 e. The zero-order chi connectivity index (χ0) is 15.0.